The number of hydrogen-bond acceptors (Lipinski definition) is 5. The first-order valence-electron chi connectivity index (χ1n) is 6.56. The number of nitrogens with one attached hydrogen (secondary N) is 2. The Morgan fingerprint density at radius 1 is 1.42 bits per heavy atom. The zero-order valence-corrected chi connectivity index (χ0v) is 13.6. The summed E-state index contributed by atoms with van der Waals surface area (Å²) in [5, 5.41) is 16.5. The van der Waals surface area contributed by atoms with Crippen LogP contribution >= 0.6 is 15.9 Å². The number of hydrogen-bond donors (Lipinski definition) is 3. The van der Waals surface area contributed by atoms with E-state index >= 15 is 0 Å². The number of halogens is 1. The predicted octanol–water partition coefficient (Wildman–Crippen LogP) is 2.88. The van der Waals surface area contributed by atoms with Crippen molar-refractivity contribution < 1.29 is 5.11 Å². The molecule has 0 aliphatic carbocycles. The number of aliphatic hydroxyl groups is 1. The van der Waals surface area contributed by atoms with Crippen molar-refractivity contribution >= 4 is 27.7 Å². The standard InChI is InChI=1S/C13H23BrN4O/c1-5-15-12-16-7-10(14)11(18-12)17-8-13(4,19)6-9(2)3/h7,9,19H,5-6,8H2,1-4H3,(H2,15,16,17,18). The van der Waals surface area contributed by atoms with Crippen molar-refractivity contribution in [1.82, 2.24) is 9.97 Å². The lowest BCUT2D eigenvalue weighted by Gasteiger charge is -2.26. The largest absolute Gasteiger partial charge is 0.388 e. The minimum atomic E-state index is -0.753. The molecule has 0 spiro atoms. The molecule has 0 radical (unpaired) electrons. The molecule has 1 heterocycles. The molecule has 0 fully saturated rings. The van der Waals surface area contributed by atoms with Crippen LogP contribution in [0.3, 0.4) is 0 Å². The van der Waals surface area contributed by atoms with Gasteiger partial charge in [0.1, 0.15) is 5.82 Å². The summed E-state index contributed by atoms with van der Waals surface area (Å²) in [5.74, 6) is 1.72. The van der Waals surface area contributed by atoms with Gasteiger partial charge in [0, 0.05) is 19.3 Å². The number of rotatable bonds is 7. The fraction of sp³-hybridized carbons (Fsp3) is 0.692. The minimum absolute atomic E-state index is 0.447. The summed E-state index contributed by atoms with van der Waals surface area (Å²) in [6.45, 7) is 9.24. The third-order valence-electron chi connectivity index (χ3n) is 2.56. The van der Waals surface area contributed by atoms with Crippen LogP contribution in [-0.4, -0.2) is 33.8 Å². The molecule has 6 heteroatoms. The van der Waals surface area contributed by atoms with E-state index in [1.807, 2.05) is 13.8 Å². The lowest BCUT2D eigenvalue weighted by molar-refractivity contribution is 0.0514. The fourth-order valence-electron chi connectivity index (χ4n) is 1.96. The third-order valence-corrected chi connectivity index (χ3v) is 3.14. The van der Waals surface area contributed by atoms with Crippen molar-refractivity contribution in [1.29, 1.82) is 0 Å². The summed E-state index contributed by atoms with van der Waals surface area (Å²) in [7, 11) is 0. The van der Waals surface area contributed by atoms with E-state index in [2.05, 4.69) is 50.4 Å². The Balaban J connectivity index is 2.68. The number of anilines is 2. The van der Waals surface area contributed by atoms with Crippen LogP contribution in [0.1, 0.15) is 34.1 Å². The number of nitrogens with zero attached hydrogens (tertiary/aromatic N) is 2. The molecule has 0 saturated heterocycles. The molecule has 0 aromatic carbocycles. The summed E-state index contributed by atoms with van der Waals surface area (Å²) < 4.78 is 0.787. The highest BCUT2D eigenvalue weighted by molar-refractivity contribution is 9.10. The molecule has 108 valence electrons. The van der Waals surface area contributed by atoms with Crippen molar-refractivity contribution in [3.8, 4) is 0 Å². The second-order valence-corrected chi connectivity index (χ2v) is 6.22. The van der Waals surface area contributed by atoms with Gasteiger partial charge in [-0.1, -0.05) is 13.8 Å². The van der Waals surface area contributed by atoms with E-state index in [1.54, 1.807) is 6.20 Å². The predicted molar refractivity (Wildman–Crippen MR) is 82.5 cm³/mol. The zero-order chi connectivity index (χ0) is 14.5. The molecule has 0 bridgehead atoms. The maximum Gasteiger partial charge on any atom is 0.224 e. The summed E-state index contributed by atoms with van der Waals surface area (Å²) in [4.78, 5) is 8.50. The monoisotopic (exact) mass is 330 g/mol. The lowest BCUT2D eigenvalue weighted by atomic mass is 9.94. The summed E-state index contributed by atoms with van der Waals surface area (Å²) in [6, 6.07) is 0. The van der Waals surface area contributed by atoms with Gasteiger partial charge >= 0.3 is 0 Å². The van der Waals surface area contributed by atoms with Gasteiger partial charge in [0.25, 0.3) is 0 Å². The Hall–Kier alpha value is -0.880. The van der Waals surface area contributed by atoms with Gasteiger partial charge in [0.05, 0.1) is 10.1 Å². The van der Waals surface area contributed by atoms with Crippen LogP contribution in [0.25, 0.3) is 0 Å². The van der Waals surface area contributed by atoms with Crippen molar-refractivity contribution in [3.05, 3.63) is 10.7 Å². The van der Waals surface area contributed by atoms with Crippen LogP contribution in [0.5, 0.6) is 0 Å². The van der Waals surface area contributed by atoms with Crippen LogP contribution in [0.15, 0.2) is 10.7 Å². The third kappa shape index (κ3) is 5.74. The molecular weight excluding hydrogens is 308 g/mol. The Bertz CT molecular complexity index is 410. The second kappa shape index (κ2) is 7.05. The van der Waals surface area contributed by atoms with E-state index < -0.39 is 5.60 Å². The highest BCUT2D eigenvalue weighted by atomic mass is 79.9. The summed E-state index contributed by atoms with van der Waals surface area (Å²) >= 11 is 3.40. The molecule has 5 nitrogen and oxygen atoms in total. The van der Waals surface area contributed by atoms with Gasteiger partial charge in [-0.2, -0.15) is 4.98 Å². The average Bonchev–Trinajstić information content (AvgIpc) is 2.28. The van der Waals surface area contributed by atoms with Gasteiger partial charge in [-0.3, -0.25) is 0 Å². The topological polar surface area (TPSA) is 70.1 Å². The van der Waals surface area contributed by atoms with E-state index in [1.165, 1.54) is 0 Å². The molecule has 1 atom stereocenters. The van der Waals surface area contributed by atoms with E-state index in [0.29, 0.717) is 24.2 Å². The molecule has 0 aliphatic heterocycles. The van der Waals surface area contributed by atoms with Gasteiger partial charge in [0.2, 0.25) is 5.95 Å². The first-order valence-corrected chi connectivity index (χ1v) is 7.36. The van der Waals surface area contributed by atoms with Crippen LogP contribution in [-0.2, 0) is 0 Å². The number of aromatic nitrogens is 2. The van der Waals surface area contributed by atoms with Gasteiger partial charge < -0.3 is 15.7 Å². The van der Waals surface area contributed by atoms with Crippen LogP contribution in [0, 0.1) is 5.92 Å². The Labute approximate surface area is 123 Å². The van der Waals surface area contributed by atoms with Crippen molar-refractivity contribution in [2.24, 2.45) is 5.92 Å². The van der Waals surface area contributed by atoms with Crippen LogP contribution < -0.4 is 10.6 Å². The van der Waals surface area contributed by atoms with Gasteiger partial charge in [-0.15, -0.1) is 0 Å². The lowest BCUT2D eigenvalue weighted by Crippen LogP contribution is -2.35. The molecule has 19 heavy (non-hydrogen) atoms. The van der Waals surface area contributed by atoms with Gasteiger partial charge in [-0.25, -0.2) is 4.98 Å². The maximum atomic E-state index is 10.3. The molecular formula is C13H23BrN4O. The Kier molecular flexibility index (Phi) is 6.00. The maximum absolute atomic E-state index is 10.3. The van der Waals surface area contributed by atoms with E-state index in [9.17, 15) is 5.11 Å². The van der Waals surface area contributed by atoms with E-state index in [4.69, 9.17) is 0 Å². The normalized spacial score (nSPS) is 14.3. The molecule has 3 N–H and O–H groups in total. The molecule has 1 rings (SSSR count). The summed E-state index contributed by atoms with van der Waals surface area (Å²) in [6.07, 6.45) is 2.44. The molecule has 0 aliphatic rings. The SMILES string of the molecule is CCNc1ncc(Br)c(NCC(C)(O)CC(C)C)n1. The molecule has 1 aromatic heterocycles. The average molecular weight is 331 g/mol. The quantitative estimate of drug-likeness (QED) is 0.717. The highest BCUT2D eigenvalue weighted by Gasteiger charge is 2.22. The van der Waals surface area contributed by atoms with Gasteiger partial charge in [0.15, 0.2) is 0 Å². The second-order valence-electron chi connectivity index (χ2n) is 5.37. The van der Waals surface area contributed by atoms with Crippen LogP contribution in [0.4, 0.5) is 11.8 Å². The smallest absolute Gasteiger partial charge is 0.224 e. The minimum Gasteiger partial charge on any atom is -0.388 e. The van der Waals surface area contributed by atoms with Crippen LogP contribution in [0.2, 0.25) is 0 Å². The Morgan fingerprint density at radius 3 is 2.68 bits per heavy atom. The molecule has 0 saturated carbocycles. The van der Waals surface area contributed by atoms with Crippen molar-refractivity contribution in [2.45, 2.75) is 39.7 Å². The van der Waals surface area contributed by atoms with E-state index in [0.717, 1.165) is 17.4 Å². The Morgan fingerprint density at radius 2 is 2.11 bits per heavy atom. The molecule has 1 aromatic rings. The van der Waals surface area contributed by atoms with Crippen molar-refractivity contribution in [3.63, 3.8) is 0 Å². The summed E-state index contributed by atoms with van der Waals surface area (Å²) in [5.41, 5.74) is -0.753. The fourth-order valence-corrected chi connectivity index (χ4v) is 2.29. The first kappa shape index (κ1) is 16.2. The molecule has 1 unspecified atom stereocenters. The first-order chi connectivity index (χ1) is 8.84. The zero-order valence-electron chi connectivity index (χ0n) is 12.0. The molecule has 0 amide bonds. The van der Waals surface area contributed by atoms with E-state index in [-0.39, 0.29) is 0 Å². The van der Waals surface area contributed by atoms with Gasteiger partial charge in [-0.05, 0) is 42.1 Å². The van der Waals surface area contributed by atoms with Crippen molar-refractivity contribution in [2.75, 3.05) is 23.7 Å². The highest BCUT2D eigenvalue weighted by Crippen LogP contribution is 2.22.